The molecule has 0 atom stereocenters. The van der Waals surface area contributed by atoms with Gasteiger partial charge in [0, 0.05) is 50.6 Å². The second-order valence-electron chi connectivity index (χ2n) is 5.99. The van der Waals surface area contributed by atoms with Crippen LogP contribution in [0.15, 0.2) is 42.6 Å². The third kappa shape index (κ3) is 4.28. The Kier molecular flexibility index (Phi) is 5.50. The molecule has 6 nitrogen and oxygen atoms in total. The largest absolute Gasteiger partial charge is 0.497 e. The Morgan fingerprint density at radius 3 is 2.28 bits per heavy atom. The molecule has 0 radical (unpaired) electrons. The first-order valence-corrected chi connectivity index (χ1v) is 8.34. The zero-order valence-electron chi connectivity index (χ0n) is 14.6. The zero-order valence-corrected chi connectivity index (χ0v) is 14.6. The first-order valence-electron chi connectivity index (χ1n) is 8.34. The summed E-state index contributed by atoms with van der Waals surface area (Å²) >= 11 is 0. The number of carbonyl (C=O) groups is 1. The third-order valence-electron chi connectivity index (χ3n) is 4.37. The summed E-state index contributed by atoms with van der Waals surface area (Å²) in [4.78, 5) is 21.3. The minimum Gasteiger partial charge on any atom is -0.497 e. The molecule has 1 aromatic carbocycles. The SMILES string of the molecule is COc1cc(OC)cc(C(=O)N2CCN(Cc3ccccn3)CC2)c1. The number of rotatable bonds is 5. The second-order valence-corrected chi connectivity index (χ2v) is 5.99. The van der Waals surface area contributed by atoms with E-state index in [0.717, 1.165) is 25.3 Å². The lowest BCUT2D eigenvalue weighted by Gasteiger charge is -2.34. The van der Waals surface area contributed by atoms with E-state index in [9.17, 15) is 4.79 Å². The van der Waals surface area contributed by atoms with E-state index in [1.54, 1.807) is 32.4 Å². The van der Waals surface area contributed by atoms with Crippen molar-refractivity contribution in [1.29, 1.82) is 0 Å². The van der Waals surface area contributed by atoms with Gasteiger partial charge in [-0.05, 0) is 24.3 Å². The van der Waals surface area contributed by atoms with Gasteiger partial charge >= 0.3 is 0 Å². The van der Waals surface area contributed by atoms with Crippen LogP contribution in [0.25, 0.3) is 0 Å². The van der Waals surface area contributed by atoms with Crippen molar-refractivity contribution >= 4 is 5.91 Å². The standard InChI is InChI=1S/C19H23N3O3/c1-24-17-11-15(12-18(13-17)25-2)19(23)22-9-7-21(8-10-22)14-16-5-3-4-6-20-16/h3-6,11-13H,7-10,14H2,1-2H3. The lowest BCUT2D eigenvalue weighted by atomic mass is 10.1. The number of nitrogens with zero attached hydrogens (tertiary/aromatic N) is 3. The van der Waals surface area contributed by atoms with E-state index in [2.05, 4.69) is 9.88 Å². The molecule has 0 unspecified atom stereocenters. The molecule has 2 aromatic rings. The highest BCUT2D eigenvalue weighted by Crippen LogP contribution is 2.23. The summed E-state index contributed by atoms with van der Waals surface area (Å²) in [6.07, 6.45) is 1.81. The van der Waals surface area contributed by atoms with Crippen LogP contribution in [0, 0.1) is 0 Å². The molecule has 0 aliphatic carbocycles. The fraction of sp³-hybridized carbons (Fsp3) is 0.368. The summed E-state index contributed by atoms with van der Waals surface area (Å²) in [5.41, 5.74) is 1.65. The van der Waals surface area contributed by atoms with Crippen LogP contribution in [-0.4, -0.2) is 61.1 Å². The van der Waals surface area contributed by atoms with Crippen molar-refractivity contribution in [3.8, 4) is 11.5 Å². The van der Waals surface area contributed by atoms with Gasteiger partial charge in [0.15, 0.2) is 0 Å². The van der Waals surface area contributed by atoms with E-state index in [1.807, 2.05) is 29.3 Å². The Balaban J connectivity index is 1.62. The first kappa shape index (κ1) is 17.2. The molecule has 132 valence electrons. The highest BCUT2D eigenvalue weighted by molar-refractivity contribution is 5.95. The number of piperazine rings is 1. The van der Waals surface area contributed by atoms with Gasteiger partial charge in [0.1, 0.15) is 11.5 Å². The monoisotopic (exact) mass is 341 g/mol. The summed E-state index contributed by atoms with van der Waals surface area (Å²) in [6, 6.07) is 11.2. The minimum absolute atomic E-state index is 0.00897. The minimum atomic E-state index is 0.00897. The Bertz CT molecular complexity index is 691. The Morgan fingerprint density at radius 1 is 1.04 bits per heavy atom. The van der Waals surface area contributed by atoms with E-state index in [-0.39, 0.29) is 5.91 Å². The van der Waals surface area contributed by atoms with E-state index in [1.165, 1.54) is 0 Å². The van der Waals surface area contributed by atoms with E-state index in [0.29, 0.717) is 30.2 Å². The quantitative estimate of drug-likeness (QED) is 0.833. The van der Waals surface area contributed by atoms with Crippen molar-refractivity contribution in [3.63, 3.8) is 0 Å². The maximum absolute atomic E-state index is 12.8. The molecular weight excluding hydrogens is 318 g/mol. The molecule has 0 bridgehead atoms. The number of hydrogen-bond acceptors (Lipinski definition) is 5. The highest BCUT2D eigenvalue weighted by atomic mass is 16.5. The predicted octanol–water partition coefficient (Wildman–Crippen LogP) is 2.06. The second kappa shape index (κ2) is 7.98. The van der Waals surface area contributed by atoms with Gasteiger partial charge in [-0.25, -0.2) is 0 Å². The van der Waals surface area contributed by atoms with Crippen molar-refractivity contribution in [2.45, 2.75) is 6.54 Å². The molecule has 25 heavy (non-hydrogen) atoms. The van der Waals surface area contributed by atoms with Crippen molar-refractivity contribution < 1.29 is 14.3 Å². The Labute approximate surface area is 148 Å². The van der Waals surface area contributed by atoms with Crippen LogP contribution in [0.1, 0.15) is 16.1 Å². The van der Waals surface area contributed by atoms with Gasteiger partial charge < -0.3 is 14.4 Å². The predicted molar refractivity (Wildman–Crippen MR) is 95.0 cm³/mol. The lowest BCUT2D eigenvalue weighted by Crippen LogP contribution is -2.48. The maximum Gasteiger partial charge on any atom is 0.254 e. The topological polar surface area (TPSA) is 54.9 Å². The van der Waals surface area contributed by atoms with Gasteiger partial charge in [-0.2, -0.15) is 0 Å². The number of amides is 1. The Morgan fingerprint density at radius 2 is 1.72 bits per heavy atom. The molecule has 1 aliphatic heterocycles. The van der Waals surface area contributed by atoms with Crippen LogP contribution in [0.2, 0.25) is 0 Å². The van der Waals surface area contributed by atoms with Gasteiger partial charge in [-0.15, -0.1) is 0 Å². The van der Waals surface area contributed by atoms with Gasteiger partial charge in [-0.3, -0.25) is 14.7 Å². The molecule has 0 spiro atoms. The molecule has 3 rings (SSSR count). The number of hydrogen-bond donors (Lipinski definition) is 0. The van der Waals surface area contributed by atoms with Gasteiger partial charge in [0.25, 0.3) is 5.91 Å². The molecule has 1 saturated heterocycles. The third-order valence-corrected chi connectivity index (χ3v) is 4.37. The lowest BCUT2D eigenvalue weighted by molar-refractivity contribution is 0.0626. The molecule has 1 fully saturated rings. The number of aromatic nitrogens is 1. The Hall–Kier alpha value is -2.60. The van der Waals surface area contributed by atoms with Gasteiger partial charge in [-0.1, -0.05) is 6.07 Å². The molecule has 1 amide bonds. The number of benzene rings is 1. The molecular formula is C19H23N3O3. The number of methoxy groups -OCH3 is 2. The van der Waals surface area contributed by atoms with Crippen LogP contribution in [0.3, 0.4) is 0 Å². The summed E-state index contributed by atoms with van der Waals surface area (Å²) in [5.74, 6) is 1.25. The number of ether oxygens (including phenoxy) is 2. The fourth-order valence-corrected chi connectivity index (χ4v) is 2.94. The molecule has 6 heteroatoms. The summed E-state index contributed by atoms with van der Waals surface area (Å²) in [7, 11) is 3.17. The average Bonchev–Trinajstić information content (AvgIpc) is 2.68. The van der Waals surface area contributed by atoms with Gasteiger partial charge in [0.05, 0.1) is 19.9 Å². The zero-order chi connectivity index (χ0) is 17.6. The molecule has 0 N–H and O–H groups in total. The molecule has 2 heterocycles. The van der Waals surface area contributed by atoms with Crippen molar-refractivity contribution in [3.05, 3.63) is 53.9 Å². The number of pyridine rings is 1. The van der Waals surface area contributed by atoms with E-state index < -0.39 is 0 Å². The molecule has 0 saturated carbocycles. The fourth-order valence-electron chi connectivity index (χ4n) is 2.94. The van der Waals surface area contributed by atoms with Crippen LogP contribution >= 0.6 is 0 Å². The maximum atomic E-state index is 12.8. The van der Waals surface area contributed by atoms with E-state index >= 15 is 0 Å². The summed E-state index contributed by atoms with van der Waals surface area (Å²) in [5, 5.41) is 0. The van der Waals surface area contributed by atoms with Crippen molar-refractivity contribution in [2.75, 3.05) is 40.4 Å². The highest BCUT2D eigenvalue weighted by Gasteiger charge is 2.23. The normalized spacial score (nSPS) is 15.0. The average molecular weight is 341 g/mol. The van der Waals surface area contributed by atoms with Gasteiger partial charge in [0.2, 0.25) is 0 Å². The van der Waals surface area contributed by atoms with Crippen LogP contribution < -0.4 is 9.47 Å². The number of carbonyl (C=O) groups excluding carboxylic acids is 1. The van der Waals surface area contributed by atoms with Crippen LogP contribution in [0.4, 0.5) is 0 Å². The molecule has 1 aromatic heterocycles. The van der Waals surface area contributed by atoms with Crippen LogP contribution in [-0.2, 0) is 6.54 Å². The summed E-state index contributed by atoms with van der Waals surface area (Å²) < 4.78 is 10.5. The smallest absolute Gasteiger partial charge is 0.254 e. The van der Waals surface area contributed by atoms with Crippen molar-refractivity contribution in [1.82, 2.24) is 14.8 Å². The van der Waals surface area contributed by atoms with Crippen LogP contribution in [0.5, 0.6) is 11.5 Å². The summed E-state index contributed by atoms with van der Waals surface area (Å²) in [6.45, 7) is 3.89. The van der Waals surface area contributed by atoms with Crippen molar-refractivity contribution in [2.24, 2.45) is 0 Å². The molecule has 1 aliphatic rings. The van der Waals surface area contributed by atoms with E-state index in [4.69, 9.17) is 9.47 Å². The first-order chi connectivity index (χ1) is 12.2.